The number of carbonyl (C=O) groups is 1. The van der Waals surface area contributed by atoms with Crippen LogP contribution in [0.25, 0.3) is 0 Å². The third-order valence-corrected chi connectivity index (χ3v) is 3.86. The zero-order valence-corrected chi connectivity index (χ0v) is 12.0. The number of likely N-dealkylation sites (tertiary alicyclic amines) is 1. The average Bonchev–Trinajstić information content (AvgIpc) is 2.85. The summed E-state index contributed by atoms with van der Waals surface area (Å²) in [7, 11) is 1.40. The van der Waals surface area contributed by atoms with Gasteiger partial charge in [0.05, 0.1) is 13.2 Å². The Bertz CT molecular complexity index is 421. The third-order valence-electron chi connectivity index (χ3n) is 3.86. The van der Waals surface area contributed by atoms with Crippen molar-refractivity contribution in [3.63, 3.8) is 0 Å². The number of esters is 1. The molecule has 0 aromatic heterocycles. The van der Waals surface area contributed by atoms with E-state index in [1.54, 1.807) is 0 Å². The number of ether oxygens (including phenoxy) is 1. The molecule has 110 valence electrons. The number of unbranched alkanes of at least 4 members (excludes halogenated alkanes) is 1. The van der Waals surface area contributed by atoms with Crippen LogP contribution in [0.3, 0.4) is 0 Å². The minimum absolute atomic E-state index is 0.232. The molecule has 1 aromatic rings. The highest BCUT2D eigenvalue weighted by atomic mass is 16.5. The fourth-order valence-electron chi connectivity index (χ4n) is 2.80. The molecule has 4 heteroatoms. The molecule has 4 nitrogen and oxygen atoms in total. The number of hydrogen-bond acceptors (Lipinski definition) is 4. The van der Waals surface area contributed by atoms with Gasteiger partial charge in [0.1, 0.15) is 6.04 Å². The highest BCUT2D eigenvalue weighted by Gasteiger charge is 2.36. The summed E-state index contributed by atoms with van der Waals surface area (Å²) in [4.78, 5) is 13.7. The van der Waals surface area contributed by atoms with Crippen molar-refractivity contribution in [2.75, 3.05) is 20.2 Å². The Kier molecular flexibility index (Phi) is 5.56. The van der Waals surface area contributed by atoms with E-state index in [4.69, 9.17) is 4.74 Å². The van der Waals surface area contributed by atoms with Gasteiger partial charge in [0.15, 0.2) is 0 Å². The number of β-amino-alcohol motifs (C(OH)–C–C–N with tert-alkyl or cyclic N) is 1. The molecule has 1 saturated heterocycles. The zero-order chi connectivity index (χ0) is 14.4. The predicted molar refractivity (Wildman–Crippen MR) is 77.4 cm³/mol. The van der Waals surface area contributed by atoms with Crippen LogP contribution in [0.5, 0.6) is 0 Å². The van der Waals surface area contributed by atoms with Crippen LogP contribution in [-0.4, -0.2) is 48.3 Å². The number of carbonyl (C=O) groups excluding carboxylic acids is 1. The van der Waals surface area contributed by atoms with Crippen LogP contribution in [0, 0.1) is 0 Å². The lowest BCUT2D eigenvalue weighted by molar-refractivity contribution is -0.145. The molecule has 0 aliphatic carbocycles. The molecule has 1 aromatic carbocycles. The Morgan fingerprint density at radius 3 is 2.80 bits per heavy atom. The van der Waals surface area contributed by atoms with Gasteiger partial charge >= 0.3 is 5.97 Å². The number of aliphatic hydroxyl groups excluding tert-OH is 1. The molecule has 1 aliphatic rings. The normalized spacial score (nSPS) is 22.9. The molecule has 0 radical (unpaired) electrons. The minimum Gasteiger partial charge on any atom is -0.468 e. The predicted octanol–water partition coefficient (Wildman–Crippen LogP) is 1.62. The van der Waals surface area contributed by atoms with Crippen molar-refractivity contribution < 1.29 is 14.6 Å². The van der Waals surface area contributed by atoms with Crippen molar-refractivity contribution in [2.45, 2.75) is 37.8 Å². The van der Waals surface area contributed by atoms with Crippen LogP contribution < -0.4 is 0 Å². The summed E-state index contributed by atoms with van der Waals surface area (Å²) in [6.07, 6.45) is 3.25. The number of benzene rings is 1. The number of aryl methyl sites for hydroxylation is 1. The van der Waals surface area contributed by atoms with Gasteiger partial charge in [-0.1, -0.05) is 30.3 Å². The Morgan fingerprint density at radius 1 is 1.35 bits per heavy atom. The summed E-state index contributed by atoms with van der Waals surface area (Å²) in [5.41, 5.74) is 1.35. The number of hydrogen-bond donors (Lipinski definition) is 1. The van der Waals surface area contributed by atoms with E-state index >= 15 is 0 Å². The van der Waals surface area contributed by atoms with Gasteiger partial charge in [-0.25, -0.2) is 0 Å². The van der Waals surface area contributed by atoms with Gasteiger partial charge in [-0.05, 0) is 31.4 Å². The lowest BCUT2D eigenvalue weighted by atomic mass is 10.1. The van der Waals surface area contributed by atoms with Crippen LogP contribution in [0.2, 0.25) is 0 Å². The Labute approximate surface area is 120 Å². The molecule has 1 heterocycles. The first-order chi connectivity index (χ1) is 9.70. The van der Waals surface area contributed by atoms with E-state index in [9.17, 15) is 9.90 Å². The van der Waals surface area contributed by atoms with Gasteiger partial charge in [0, 0.05) is 13.0 Å². The van der Waals surface area contributed by atoms with Crippen molar-refractivity contribution in [2.24, 2.45) is 0 Å². The number of nitrogens with zero attached hydrogens (tertiary/aromatic N) is 1. The summed E-state index contributed by atoms with van der Waals surface area (Å²) >= 11 is 0. The van der Waals surface area contributed by atoms with Crippen molar-refractivity contribution in [1.82, 2.24) is 4.90 Å². The monoisotopic (exact) mass is 277 g/mol. The van der Waals surface area contributed by atoms with E-state index in [2.05, 4.69) is 24.3 Å². The van der Waals surface area contributed by atoms with E-state index in [1.165, 1.54) is 12.7 Å². The highest BCUT2D eigenvalue weighted by molar-refractivity contribution is 5.76. The summed E-state index contributed by atoms with van der Waals surface area (Å²) in [5.74, 6) is -0.232. The van der Waals surface area contributed by atoms with E-state index in [0.717, 1.165) is 25.8 Å². The molecule has 2 unspecified atom stereocenters. The molecule has 0 saturated carbocycles. The van der Waals surface area contributed by atoms with Crippen LogP contribution in [0.1, 0.15) is 24.8 Å². The van der Waals surface area contributed by atoms with Crippen LogP contribution in [0.15, 0.2) is 30.3 Å². The Balaban J connectivity index is 1.74. The maximum Gasteiger partial charge on any atom is 0.323 e. The Morgan fingerprint density at radius 2 is 2.10 bits per heavy atom. The van der Waals surface area contributed by atoms with Crippen molar-refractivity contribution in [3.05, 3.63) is 35.9 Å². The molecular formula is C16H23NO3. The fraction of sp³-hybridized carbons (Fsp3) is 0.562. The molecule has 2 atom stereocenters. The van der Waals surface area contributed by atoms with E-state index in [0.29, 0.717) is 13.0 Å². The number of methoxy groups -OCH3 is 1. The lowest BCUT2D eigenvalue weighted by Crippen LogP contribution is -2.37. The number of aliphatic hydroxyl groups is 1. The quantitative estimate of drug-likeness (QED) is 0.634. The van der Waals surface area contributed by atoms with E-state index < -0.39 is 6.10 Å². The van der Waals surface area contributed by atoms with Gasteiger partial charge in [-0.3, -0.25) is 9.69 Å². The maximum atomic E-state index is 11.6. The second kappa shape index (κ2) is 7.41. The van der Waals surface area contributed by atoms with Gasteiger partial charge < -0.3 is 9.84 Å². The van der Waals surface area contributed by atoms with Crippen molar-refractivity contribution in [1.29, 1.82) is 0 Å². The molecule has 20 heavy (non-hydrogen) atoms. The van der Waals surface area contributed by atoms with E-state index in [1.807, 2.05) is 11.0 Å². The van der Waals surface area contributed by atoms with E-state index in [-0.39, 0.29) is 12.0 Å². The first-order valence-electron chi connectivity index (χ1n) is 7.24. The molecule has 0 bridgehead atoms. The van der Waals surface area contributed by atoms with Crippen molar-refractivity contribution in [3.8, 4) is 0 Å². The summed E-state index contributed by atoms with van der Waals surface area (Å²) < 4.78 is 4.80. The maximum absolute atomic E-state index is 11.6. The standard InChI is InChI=1S/C16H23NO3/c1-20-16(19)15-11-14(18)12-17(15)10-6-5-9-13-7-3-2-4-8-13/h2-4,7-8,14-15,18H,5-6,9-12H2,1H3. The van der Waals surface area contributed by atoms with Gasteiger partial charge in [0.2, 0.25) is 0 Å². The summed E-state index contributed by atoms with van der Waals surface area (Å²) in [5, 5.41) is 9.70. The molecule has 0 spiro atoms. The topological polar surface area (TPSA) is 49.8 Å². The van der Waals surface area contributed by atoms with Crippen molar-refractivity contribution >= 4 is 5.97 Å². The molecule has 1 aliphatic heterocycles. The fourth-order valence-corrected chi connectivity index (χ4v) is 2.80. The second-order valence-corrected chi connectivity index (χ2v) is 5.37. The van der Waals surface area contributed by atoms with Gasteiger partial charge in [-0.2, -0.15) is 0 Å². The minimum atomic E-state index is -0.409. The molecule has 1 fully saturated rings. The number of rotatable bonds is 6. The average molecular weight is 277 g/mol. The first-order valence-corrected chi connectivity index (χ1v) is 7.24. The summed E-state index contributed by atoms with van der Waals surface area (Å²) in [6.45, 7) is 1.41. The Hall–Kier alpha value is -1.39. The molecule has 1 N–H and O–H groups in total. The largest absolute Gasteiger partial charge is 0.468 e. The van der Waals surface area contributed by atoms with Crippen LogP contribution >= 0.6 is 0 Å². The molecule has 2 rings (SSSR count). The first kappa shape index (κ1) is 15.0. The summed E-state index contributed by atoms with van der Waals surface area (Å²) in [6, 6.07) is 10.1. The van der Waals surface area contributed by atoms with Gasteiger partial charge in [0.25, 0.3) is 0 Å². The zero-order valence-electron chi connectivity index (χ0n) is 12.0. The molecular weight excluding hydrogens is 254 g/mol. The smallest absolute Gasteiger partial charge is 0.323 e. The second-order valence-electron chi connectivity index (χ2n) is 5.37. The highest BCUT2D eigenvalue weighted by Crippen LogP contribution is 2.19. The van der Waals surface area contributed by atoms with Crippen LogP contribution in [-0.2, 0) is 16.0 Å². The lowest BCUT2D eigenvalue weighted by Gasteiger charge is -2.21. The molecule has 0 amide bonds. The van der Waals surface area contributed by atoms with Crippen LogP contribution in [0.4, 0.5) is 0 Å². The van der Waals surface area contributed by atoms with Gasteiger partial charge in [-0.15, -0.1) is 0 Å². The SMILES string of the molecule is COC(=O)C1CC(O)CN1CCCCc1ccccc1. The third kappa shape index (κ3) is 4.05.